The quantitative estimate of drug-likeness (QED) is 0.835. The van der Waals surface area contributed by atoms with Gasteiger partial charge in [-0.25, -0.2) is 0 Å². The van der Waals surface area contributed by atoms with Gasteiger partial charge in [0.1, 0.15) is 0 Å². The third kappa shape index (κ3) is 4.57. The van der Waals surface area contributed by atoms with Crippen molar-refractivity contribution in [2.75, 3.05) is 12.4 Å². The second-order valence-electron chi connectivity index (χ2n) is 4.26. The Kier molecular flexibility index (Phi) is 5.77. The van der Waals surface area contributed by atoms with Crippen molar-refractivity contribution >= 4 is 29.0 Å². The van der Waals surface area contributed by atoms with Crippen LogP contribution in [0.1, 0.15) is 29.0 Å². The molecule has 1 amide bonds. The van der Waals surface area contributed by atoms with Gasteiger partial charge in [-0.15, -0.1) is 23.1 Å². The Bertz CT molecular complexity index is 481. The molecule has 1 aliphatic heterocycles. The van der Waals surface area contributed by atoms with E-state index in [9.17, 15) is 4.79 Å². The monoisotopic (exact) mass is 295 g/mol. The Morgan fingerprint density at radius 2 is 2.42 bits per heavy atom. The van der Waals surface area contributed by atoms with Crippen LogP contribution in [-0.2, 0) is 11.3 Å². The van der Waals surface area contributed by atoms with Crippen LogP contribution in [0.25, 0.3) is 0 Å². The minimum Gasteiger partial charge on any atom is -0.395 e. The summed E-state index contributed by atoms with van der Waals surface area (Å²) in [5, 5.41) is 11.8. The van der Waals surface area contributed by atoms with Crippen LogP contribution in [0.5, 0.6) is 0 Å². The molecule has 102 valence electrons. The molecule has 5 heteroatoms. The summed E-state index contributed by atoms with van der Waals surface area (Å²) in [6.45, 7) is 0.683. The lowest BCUT2D eigenvalue weighted by Gasteiger charge is -2.08. The molecule has 2 heterocycles. The second-order valence-corrected chi connectivity index (χ2v) is 6.74. The highest BCUT2D eigenvalue weighted by molar-refractivity contribution is 8.00. The minimum atomic E-state index is 0.0976. The number of aliphatic hydroxyl groups excluding tert-OH is 1. The number of thioether (sulfide) groups is 1. The van der Waals surface area contributed by atoms with Gasteiger partial charge < -0.3 is 10.4 Å². The van der Waals surface area contributed by atoms with Crippen molar-refractivity contribution in [3.05, 3.63) is 21.9 Å². The predicted octanol–water partition coefficient (Wildman–Crippen LogP) is 1.99. The standard InChI is InChI=1S/C14H17NO2S2/c16-8-2-1-4-11-6-7-12(19-11)10-15-14(17)13-5-3-9-18-13/h6-7,13,16H,2-3,5,8-10H2,(H,15,17). The van der Waals surface area contributed by atoms with Crippen LogP contribution >= 0.6 is 23.1 Å². The Balaban J connectivity index is 1.80. The summed E-state index contributed by atoms with van der Waals surface area (Å²) in [6, 6.07) is 3.95. The molecule has 1 aliphatic rings. The average molecular weight is 295 g/mol. The van der Waals surface area contributed by atoms with E-state index in [0.29, 0.717) is 13.0 Å². The summed E-state index contributed by atoms with van der Waals surface area (Å²) in [7, 11) is 0. The first-order valence-electron chi connectivity index (χ1n) is 6.37. The zero-order chi connectivity index (χ0) is 13.5. The fourth-order valence-electron chi connectivity index (χ4n) is 1.82. The van der Waals surface area contributed by atoms with Gasteiger partial charge in [0.2, 0.25) is 5.91 Å². The third-order valence-corrected chi connectivity index (χ3v) is 5.15. The van der Waals surface area contributed by atoms with Crippen molar-refractivity contribution in [1.29, 1.82) is 0 Å². The number of rotatable bonds is 4. The lowest BCUT2D eigenvalue weighted by atomic mass is 10.2. The third-order valence-electron chi connectivity index (χ3n) is 2.77. The predicted molar refractivity (Wildman–Crippen MR) is 80.2 cm³/mol. The maximum Gasteiger partial charge on any atom is 0.233 e. The van der Waals surface area contributed by atoms with E-state index < -0.39 is 0 Å². The minimum absolute atomic E-state index is 0.0976. The van der Waals surface area contributed by atoms with Crippen molar-refractivity contribution in [2.24, 2.45) is 0 Å². The van der Waals surface area contributed by atoms with Crippen molar-refractivity contribution in [1.82, 2.24) is 5.32 Å². The van der Waals surface area contributed by atoms with Gasteiger partial charge in [-0.3, -0.25) is 4.79 Å². The van der Waals surface area contributed by atoms with E-state index >= 15 is 0 Å². The van der Waals surface area contributed by atoms with Gasteiger partial charge in [0, 0.05) is 11.3 Å². The molecule has 0 saturated carbocycles. The first-order valence-corrected chi connectivity index (χ1v) is 8.24. The number of nitrogens with one attached hydrogen (secondary N) is 1. The molecular formula is C14H17NO2S2. The Hall–Kier alpha value is -0.960. The fourth-order valence-corrected chi connectivity index (χ4v) is 3.83. The van der Waals surface area contributed by atoms with Crippen molar-refractivity contribution in [3.63, 3.8) is 0 Å². The molecule has 1 unspecified atom stereocenters. The number of carbonyl (C=O) groups excluding carboxylic acids is 1. The van der Waals surface area contributed by atoms with Gasteiger partial charge >= 0.3 is 0 Å². The molecule has 1 aromatic rings. The maximum atomic E-state index is 11.9. The highest BCUT2D eigenvalue weighted by Crippen LogP contribution is 2.26. The highest BCUT2D eigenvalue weighted by atomic mass is 32.2. The smallest absolute Gasteiger partial charge is 0.233 e. The van der Waals surface area contributed by atoms with E-state index in [4.69, 9.17) is 5.11 Å². The molecule has 1 atom stereocenters. The average Bonchev–Trinajstić information content (AvgIpc) is 3.08. The van der Waals surface area contributed by atoms with Crippen molar-refractivity contribution in [3.8, 4) is 11.8 Å². The topological polar surface area (TPSA) is 49.3 Å². The fraction of sp³-hybridized carbons (Fsp3) is 0.500. The van der Waals surface area contributed by atoms with Gasteiger partial charge in [0.25, 0.3) is 0 Å². The van der Waals surface area contributed by atoms with Crippen LogP contribution in [0.2, 0.25) is 0 Å². The van der Waals surface area contributed by atoms with Crippen LogP contribution in [-0.4, -0.2) is 28.6 Å². The first kappa shape index (κ1) is 14.4. The van der Waals surface area contributed by atoms with Crippen LogP contribution in [0.15, 0.2) is 12.1 Å². The molecule has 0 aromatic carbocycles. The molecule has 3 nitrogen and oxygen atoms in total. The van der Waals surface area contributed by atoms with Crippen LogP contribution < -0.4 is 5.32 Å². The Morgan fingerprint density at radius 3 is 3.16 bits per heavy atom. The number of hydrogen-bond acceptors (Lipinski definition) is 4. The second kappa shape index (κ2) is 7.59. The zero-order valence-electron chi connectivity index (χ0n) is 10.6. The van der Waals surface area contributed by atoms with Crippen LogP contribution in [0.4, 0.5) is 0 Å². The summed E-state index contributed by atoms with van der Waals surface area (Å²) >= 11 is 3.34. The van der Waals surface area contributed by atoms with E-state index in [0.717, 1.165) is 28.3 Å². The van der Waals surface area contributed by atoms with Gasteiger partial charge in [0.15, 0.2) is 0 Å². The van der Waals surface area contributed by atoms with Crippen LogP contribution in [0, 0.1) is 11.8 Å². The van der Waals surface area contributed by atoms with Gasteiger partial charge in [0.05, 0.1) is 23.3 Å². The lowest BCUT2D eigenvalue weighted by Crippen LogP contribution is -2.30. The normalized spacial score (nSPS) is 17.8. The molecule has 0 aliphatic carbocycles. The lowest BCUT2D eigenvalue weighted by molar-refractivity contribution is -0.120. The van der Waals surface area contributed by atoms with Crippen LogP contribution in [0.3, 0.4) is 0 Å². The Labute approximate surface area is 121 Å². The number of aliphatic hydroxyl groups is 1. The summed E-state index contributed by atoms with van der Waals surface area (Å²) in [5.74, 6) is 7.15. The molecule has 0 spiro atoms. The molecule has 1 saturated heterocycles. The number of amides is 1. The number of thiophene rings is 1. The van der Waals surface area contributed by atoms with E-state index in [1.165, 1.54) is 0 Å². The summed E-state index contributed by atoms with van der Waals surface area (Å²) < 4.78 is 0. The number of hydrogen-bond donors (Lipinski definition) is 2. The zero-order valence-corrected chi connectivity index (χ0v) is 12.3. The van der Waals surface area contributed by atoms with E-state index in [1.54, 1.807) is 23.1 Å². The van der Waals surface area contributed by atoms with Gasteiger partial charge in [-0.1, -0.05) is 11.8 Å². The molecular weight excluding hydrogens is 278 g/mol. The van der Waals surface area contributed by atoms with E-state index in [1.807, 2.05) is 12.1 Å². The summed E-state index contributed by atoms with van der Waals surface area (Å²) in [5.41, 5.74) is 0. The number of carbonyl (C=O) groups is 1. The maximum absolute atomic E-state index is 11.9. The Morgan fingerprint density at radius 1 is 1.53 bits per heavy atom. The summed E-state index contributed by atoms with van der Waals surface area (Å²) in [6.07, 6.45) is 2.65. The molecule has 19 heavy (non-hydrogen) atoms. The molecule has 2 rings (SSSR count). The van der Waals surface area contributed by atoms with E-state index in [2.05, 4.69) is 17.2 Å². The SMILES string of the molecule is O=C(NCc1ccc(C#CCCO)s1)C1CCCS1. The molecule has 2 N–H and O–H groups in total. The molecule has 0 bridgehead atoms. The van der Waals surface area contributed by atoms with E-state index in [-0.39, 0.29) is 17.8 Å². The first-order chi connectivity index (χ1) is 9.29. The van der Waals surface area contributed by atoms with Gasteiger partial charge in [-0.05, 0) is 30.7 Å². The van der Waals surface area contributed by atoms with Crippen molar-refractivity contribution in [2.45, 2.75) is 31.1 Å². The molecule has 1 aromatic heterocycles. The highest BCUT2D eigenvalue weighted by Gasteiger charge is 2.22. The summed E-state index contributed by atoms with van der Waals surface area (Å²) in [4.78, 5) is 13.9. The molecule has 1 fully saturated rings. The van der Waals surface area contributed by atoms with Crippen molar-refractivity contribution < 1.29 is 9.90 Å². The molecule has 0 radical (unpaired) electrons. The van der Waals surface area contributed by atoms with Gasteiger partial charge in [-0.2, -0.15) is 0 Å². The largest absolute Gasteiger partial charge is 0.395 e.